The first-order valence-electron chi connectivity index (χ1n) is 5.83. The molecule has 0 spiro atoms. The minimum Gasteiger partial charge on any atom is -0.424 e. The first-order valence-corrected chi connectivity index (χ1v) is 5.83. The quantitative estimate of drug-likeness (QED) is 0.793. The first kappa shape index (κ1) is 10.4. The van der Waals surface area contributed by atoms with Crippen molar-refractivity contribution in [1.29, 1.82) is 0 Å². The molecule has 3 rings (SSSR count). The summed E-state index contributed by atoms with van der Waals surface area (Å²) in [6, 6.07) is 5.96. The molecule has 2 aromatic rings. The Balaban J connectivity index is 1.72. The predicted octanol–water partition coefficient (Wildman–Crippen LogP) is 2.00. The third-order valence-corrected chi connectivity index (χ3v) is 2.92. The van der Waals surface area contributed by atoms with Crippen LogP contribution in [0.3, 0.4) is 0 Å². The number of nitrogens with two attached hydrogens (primary N) is 1. The number of ether oxygens (including phenoxy) is 1. The van der Waals surface area contributed by atoms with E-state index in [4.69, 9.17) is 14.9 Å². The maximum Gasteiger partial charge on any atom is 0.295 e. The summed E-state index contributed by atoms with van der Waals surface area (Å²) < 4.78 is 11.1. The van der Waals surface area contributed by atoms with Crippen molar-refractivity contribution >= 4 is 22.8 Å². The normalized spacial score (nSPS) is 19.9. The highest BCUT2D eigenvalue weighted by Gasteiger charge is 2.16. The zero-order chi connectivity index (χ0) is 11.7. The number of hydrogen-bond acceptors (Lipinski definition) is 5. The number of nitrogen functional groups attached to an aromatic ring is 1. The summed E-state index contributed by atoms with van der Waals surface area (Å²) >= 11 is 0. The third-order valence-electron chi connectivity index (χ3n) is 2.92. The molecule has 0 bridgehead atoms. The Labute approximate surface area is 98.9 Å². The van der Waals surface area contributed by atoms with E-state index in [9.17, 15) is 0 Å². The van der Waals surface area contributed by atoms with E-state index in [1.807, 2.05) is 6.07 Å². The molecule has 1 aliphatic rings. The highest BCUT2D eigenvalue weighted by Crippen LogP contribution is 2.21. The Hall–Kier alpha value is -1.75. The van der Waals surface area contributed by atoms with Crippen molar-refractivity contribution in [3.05, 3.63) is 18.2 Å². The topological polar surface area (TPSA) is 73.3 Å². The molecule has 1 fully saturated rings. The van der Waals surface area contributed by atoms with Crippen molar-refractivity contribution in [2.24, 2.45) is 0 Å². The summed E-state index contributed by atoms with van der Waals surface area (Å²) in [6.07, 6.45) is 2.51. The second-order valence-corrected chi connectivity index (χ2v) is 4.26. The molecule has 1 aromatic carbocycles. The molecule has 1 aromatic heterocycles. The average molecular weight is 233 g/mol. The van der Waals surface area contributed by atoms with Crippen LogP contribution in [0.15, 0.2) is 22.6 Å². The van der Waals surface area contributed by atoms with E-state index in [2.05, 4.69) is 10.3 Å². The van der Waals surface area contributed by atoms with Crippen molar-refractivity contribution in [3.63, 3.8) is 0 Å². The van der Waals surface area contributed by atoms with Crippen molar-refractivity contribution in [2.75, 3.05) is 24.2 Å². The van der Waals surface area contributed by atoms with E-state index in [1.54, 1.807) is 12.1 Å². The van der Waals surface area contributed by atoms with Crippen LogP contribution in [0.25, 0.3) is 11.1 Å². The molecule has 5 nitrogen and oxygen atoms in total. The van der Waals surface area contributed by atoms with E-state index in [1.165, 1.54) is 0 Å². The van der Waals surface area contributed by atoms with Gasteiger partial charge in [0.25, 0.3) is 6.01 Å². The Morgan fingerprint density at radius 1 is 1.47 bits per heavy atom. The molecule has 0 radical (unpaired) electrons. The van der Waals surface area contributed by atoms with Crippen molar-refractivity contribution < 1.29 is 9.15 Å². The van der Waals surface area contributed by atoms with Gasteiger partial charge in [-0.2, -0.15) is 4.98 Å². The molecule has 1 aliphatic heterocycles. The zero-order valence-corrected chi connectivity index (χ0v) is 9.48. The summed E-state index contributed by atoms with van der Waals surface area (Å²) in [4.78, 5) is 4.32. The Morgan fingerprint density at radius 2 is 2.41 bits per heavy atom. The monoisotopic (exact) mass is 233 g/mol. The number of aromatic nitrogens is 1. The van der Waals surface area contributed by atoms with Gasteiger partial charge in [0.1, 0.15) is 5.52 Å². The van der Waals surface area contributed by atoms with Gasteiger partial charge in [0.05, 0.1) is 6.10 Å². The predicted molar refractivity (Wildman–Crippen MR) is 65.9 cm³/mol. The van der Waals surface area contributed by atoms with Gasteiger partial charge in [0.2, 0.25) is 0 Å². The molecule has 90 valence electrons. The molecule has 3 N–H and O–H groups in total. The van der Waals surface area contributed by atoms with Gasteiger partial charge in [-0.25, -0.2) is 0 Å². The van der Waals surface area contributed by atoms with E-state index in [0.29, 0.717) is 11.7 Å². The minimum atomic E-state index is 0.273. The lowest BCUT2D eigenvalue weighted by Gasteiger charge is -2.08. The van der Waals surface area contributed by atoms with E-state index >= 15 is 0 Å². The molecule has 0 saturated carbocycles. The number of nitrogens with one attached hydrogen (secondary N) is 1. The number of rotatable bonds is 3. The lowest BCUT2D eigenvalue weighted by Crippen LogP contribution is -2.18. The van der Waals surface area contributed by atoms with Crippen molar-refractivity contribution in [1.82, 2.24) is 4.98 Å². The number of hydrogen-bond donors (Lipinski definition) is 2. The van der Waals surface area contributed by atoms with Gasteiger partial charge in [-0.1, -0.05) is 0 Å². The summed E-state index contributed by atoms with van der Waals surface area (Å²) in [5.74, 6) is 0. The summed E-state index contributed by atoms with van der Waals surface area (Å²) in [7, 11) is 0. The molecule has 1 unspecified atom stereocenters. The molecule has 1 atom stereocenters. The van der Waals surface area contributed by atoms with E-state index < -0.39 is 0 Å². The summed E-state index contributed by atoms with van der Waals surface area (Å²) in [6.45, 7) is 1.60. The summed E-state index contributed by atoms with van der Waals surface area (Å²) in [5, 5.41) is 3.15. The average Bonchev–Trinajstić information content (AvgIpc) is 2.94. The second-order valence-electron chi connectivity index (χ2n) is 4.26. The van der Waals surface area contributed by atoms with Gasteiger partial charge in [0.15, 0.2) is 5.58 Å². The molecule has 0 amide bonds. The molecular formula is C12H15N3O2. The maximum absolute atomic E-state index is 5.68. The first-order chi connectivity index (χ1) is 8.31. The Kier molecular flexibility index (Phi) is 2.60. The lowest BCUT2D eigenvalue weighted by molar-refractivity contribution is 0.120. The Morgan fingerprint density at radius 3 is 3.24 bits per heavy atom. The van der Waals surface area contributed by atoms with Gasteiger partial charge in [-0.3, -0.25) is 0 Å². The number of fused-ring (bicyclic) bond motifs is 1. The zero-order valence-electron chi connectivity index (χ0n) is 9.48. The molecule has 1 saturated heterocycles. The molecule has 0 aliphatic carbocycles. The number of anilines is 2. The van der Waals surface area contributed by atoms with Crippen LogP contribution in [0.4, 0.5) is 11.7 Å². The number of oxazole rings is 1. The minimum absolute atomic E-state index is 0.273. The van der Waals surface area contributed by atoms with Crippen LogP contribution >= 0.6 is 0 Å². The van der Waals surface area contributed by atoms with Crippen LogP contribution < -0.4 is 11.1 Å². The highest BCUT2D eigenvalue weighted by atomic mass is 16.5. The van der Waals surface area contributed by atoms with Gasteiger partial charge in [-0.05, 0) is 31.0 Å². The summed E-state index contributed by atoms with van der Waals surface area (Å²) in [5.41, 5.74) is 7.90. The van der Waals surface area contributed by atoms with Gasteiger partial charge in [-0.15, -0.1) is 0 Å². The van der Waals surface area contributed by atoms with Crippen LogP contribution in [-0.4, -0.2) is 24.2 Å². The lowest BCUT2D eigenvalue weighted by atomic mass is 10.2. The standard InChI is InChI=1S/C12H15N3O2/c13-8-3-4-11-10(6-8)15-12(17-11)14-7-9-2-1-5-16-9/h3-4,6,9H,1-2,5,7,13H2,(H,14,15). The second kappa shape index (κ2) is 4.25. The van der Waals surface area contributed by atoms with Crippen LogP contribution in [0, 0.1) is 0 Å². The largest absolute Gasteiger partial charge is 0.424 e. The highest BCUT2D eigenvalue weighted by molar-refractivity contribution is 5.78. The molecular weight excluding hydrogens is 218 g/mol. The smallest absolute Gasteiger partial charge is 0.295 e. The molecule has 2 heterocycles. The molecule has 5 heteroatoms. The van der Waals surface area contributed by atoms with Crippen LogP contribution in [0.2, 0.25) is 0 Å². The Bertz CT molecular complexity index is 517. The van der Waals surface area contributed by atoms with E-state index in [0.717, 1.165) is 37.1 Å². The fourth-order valence-corrected chi connectivity index (χ4v) is 2.03. The van der Waals surface area contributed by atoms with Gasteiger partial charge >= 0.3 is 0 Å². The maximum atomic E-state index is 5.68. The fourth-order valence-electron chi connectivity index (χ4n) is 2.03. The number of nitrogens with zero attached hydrogens (tertiary/aromatic N) is 1. The van der Waals surface area contributed by atoms with Gasteiger partial charge in [0, 0.05) is 18.8 Å². The van der Waals surface area contributed by atoms with Crippen LogP contribution in [-0.2, 0) is 4.74 Å². The molecule has 17 heavy (non-hydrogen) atoms. The third kappa shape index (κ3) is 2.19. The van der Waals surface area contributed by atoms with E-state index in [-0.39, 0.29) is 6.10 Å². The van der Waals surface area contributed by atoms with Crippen molar-refractivity contribution in [2.45, 2.75) is 18.9 Å². The van der Waals surface area contributed by atoms with Crippen LogP contribution in [0.5, 0.6) is 0 Å². The fraction of sp³-hybridized carbons (Fsp3) is 0.417. The number of benzene rings is 1. The SMILES string of the molecule is Nc1ccc2oc(NCC3CCCO3)nc2c1. The van der Waals surface area contributed by atoms with Crippen molar-refractivity contribution in [3.8, 4) is 0 Å². The van der Waals surface area contributed by atoms with Gasteiger partial charge < -0.3 is 20.2 Å². The van der Waals surface area contributed by atoms with Crippen LogP contribution in [0.1, 0.15) is 12.8 Å².